The molecule has 1 aliphatic rings. The Labute approximate surface area is 132 Å². The lowest BCUT2D eigenvalue weighted by molar-refractivity contribution is 0.194. The maximum Gasteiger partial charge on any atom is 0.180 e. The zero-order chi connectivity index (χ0) is 14.8. The van der Waals surface area contributed by atoms with Crippen molar-refractivity contribution < 1.29 is 4.39 Å². The zero-order valence-corrected chi connectivity index (χ0v) is 13.5. The van der Waals surface area contributed by atoms with Crippen molar-refractivity contribution in [2.45, 2.75) is 13.6 Å². The number of halogens is 1. The highest BCUT2D eigenvalue weighted by Crippen LogP contribution is 2.20. The lowest BCUT2D eigenvalue weighted by atomic mass is 10.2. The fraction of sp³-hybridized carbons (Fsp3) is 0.429. The summed E-state index contributed by atoms with van der Waals surface area (Å²) in [5.41, 5.74) is 0.693. The van der Waals surface area contributed by atoms with E-state index in [2.05, 4.69) is 14.9 Å². The van der Waals surface area contributed by atoms with Gasteiger partial charge in [-0.25, -0.2) is 9.07 Å². The molecule has 0 spiro atoms. The number of benzene rings is 1. The van der Waals surface area contributed by atoms with Gasteiger partial charge in [0, 0.05) is 26.2 Å². The minimum absolute atomic E-state index is 0.150. The number of hydrogen-bond donors (Lipinski definition) is 0. The van der Waals surface area contributed by atoms with Crippen molar-refractivity contribution in [1.29, 1.82) is 0 Å². The fourth-order valence-electron chi connectivity index (χ4n) is 2.53. The molecule has 1 saturated heterocycles. The number of aryl methyl sites for hydroxylation is 1. The molecule has 0 atom stereocenters. The maximum absolute atomic E-state index is 13.8. The molecule has 112 valence electrons. The smallest absolute Gasteiger partial charge is 0.180 e. The monoisotopic (exact) mass is 324 g/mol. The number of para-hydroxylation sites is 1. The van der Waals surface area contributed by atoms with Crippen molar-refractivity contribution in [3.05, 3.63) is 39.0 Å². The lowest BCUT2D eigenvalue weighted by Gasteiger charge is -2.35. The van der Waals surface area contributed by atoms with Gasteiger partial charge in [0.25, 0.3) is 0 Å². The second-order valence-corrected chi connectivity index (χ2v) is 6.91. The van der Waals surface area contributed by atoms with Crippen molar-refractivity contribution in [2.75, 3.05) is 31.1 Å². The molecule has 1 aliphatic heterocycles. The second-order valence-electron chi connectivity index (χ2n) is 5.08. The molecule has 7 heteroatoms. The van der Waals surface area contributed by atoms with E-state index in [1.165, 1.54) is 17.4 Å². The van der Waals surface area contributed by atoms with Crippen molar-refractivity contribution in [3.8, 4) is 0 Å². The summed E-state index contributed by atoms with van der Waals surface area (Å²) in [5.74, 6) is -0.150. The molecule has 1 aromatic carbocycles. The van der Waals surface area contributed by atoms with Gasteiger partial charge in [-0.15, -0.1) is 0 Å². The number of anilines is 1. The van der Waals surface area contributed by atoms with Gasteiger partial charge >= 0.3 is 0 Å². The van der Waals surface area contributed by atoms with E-state index in [-0.39, 0.29) is 5.82 Å². The first-order valence-corrected chi connectivity index (χ1v) is 8.12. The van der Waals surface area contributed by atoms with Crippen molar-refractivity contribution in [3.63, 3.8) is 0 Å². The number of nitrogens with zero attached hydrogens (tertiary/aromatic N) is 4. The summed E-state index contributed by atoms with van der Waals surface area (Å²) in [6.45, 7) is 6.08. The summed E-state index contributed by atoms with van der Waals surface area (Å²) >= 11 is 6.83. The quantitative estimate of drug-likeness (QED) is 0.810. The first kappa shape index (κ1) is 14.6. The summed E-state index contributed by atoms with van der Waals surface area (Å²) in [4.78, 5) is 4.39. The molecule has 1 aromatic heterocycles. The molecule has 0 aliphatic carbocycles. The zero-order valence-electron chi connectivity index (χ0n) is 11.8. The van der Waals surface area contributed by atoms with Gasteiger partial charge in [0.2, 0.25) is 0 Å². The van der Waals surface area contributed by atoms with Gasteiger partial charge in [0.1, 0.15) is 10.8 Å². The Balaban J connectivity index is 1.62. The molecule has 0 N–H and O–H groups in total. The van der Waals surface area contributed by atoms with Gasteiger partial charge in [-0.1, -0.05) is 23.5 Å². The third kappa shape index (κ3) is 3.30. The van der Waals surface area contributed by atoms with E-state index in [1.54, 1.807) is 6.07 Å². The predicted octanol–water partition coefficient (Wildman–Crippen LogP) is 2.90. The summed E-state index contributed by atoms with van der Waals surface area (Å²) in [5, 5.41) is 5.40. The van der Waals surface area contributed by atoms with Gasteiger partial charge in [-0.05, 0) is 31.3 Å². The molecule has 21 heavy (non-hydrogen) atoms. The molecule has 0 saturated carbocycles. The third-order valence-corrected chi connectivity index (χ3v) is 4.83. The van der Waals surface area contributed by atoms with E-state index in [0.717, 1.165) is 35.1 Å². The minimum atomic E-state index is -0.150. The van der Waals surface area contributed by atoms with Crippen LogP contribution < -0.4 is 4.90 Å². The molecule has 4 nitrogen and oxygen atoms in total. The van der Waals surface area contributed by atoms with Crippen LogP contribution in [0.3, 0.4) is 0 Å². The van der Waals surface area contributed by atoms with Crippen LogP contribution in [0, 0.1) is 16.7 Å². The first-order chi connectivity index (χ1) is 10.1. The standard InChI is InChI=1S/C14H17FN4S2/c1-11-16-19(14(20)21-11)10-17-6-8-18(9-7-17)13-5-3-2-4-12(13)15/h2-5H,6-10H2,1H3. The van der Waals surface area contributed by atoms with E-state index in [9.17, 15) is 4.39 Å². The van der Waals surface area contributed by atoms with Crippen molar-refractivity contribution >= 4 is 29.2 Å². The van der Waals surface area contributed by atoms with Crippen LogP contribution in [0.2, 0.25) is 0 Å². The van der Waals surface area contributed by atoms with Crippen LogP contribution in [0.4, 0.5) is 10.1 Å². The van der Waals surface area contributed by atoms with E-state index < -0.39 is 0 Å². The molecule has 3 rings (SSSR count). The molecule has 2 heterocycles. The molecule has 0 bridgehead atoms. The Bertz CT molecular complexity index is 674. The molecular weight excluding hydrogens is 307 g/mol. The van der Waals surface area contributed by atoms with Crippen molar-refractivity contribution in [1.82, 2.24) is 14.7 Å². The summed E-state index contributed by atoms with van der Waals surface area (Å²) in [7, 11) is 0. The highest BCUT2D eigenvalue weighted by Gasteiger charge is 2.19. The highest BCUT2D eigenvalue weighted by molar-refractivity contribution is 7.73. The largest absolute Gasteiger partial charge is 0.367 e. The highest BCUT2D eigenvalue weighted by atomic mass is 32.1. The Morgan fingerprint density at radius 3 is 2.57 bits per heavy atom. The normalized spacial score (nSPS) is 16.4. The van der Waals surface area contributed by atoms with E-state index in [1.807, 2.05) is 23.7 Å². The Kier molecular flexibility index (Phi) is 4.32. The van der Waals surface area contributed by atoms with Crippen LogP contribution in [-0.4, -0.2) is 40.9 Å². The number of hydrogen-bond acceptors (Lipinski definition) is 5. The average Bonchev–Trinajstić information content (AvgIpc) is 2.78. The van der Waals surface area contributed by atoms with E-state index in [0.29, 0.717) is 12.4 Å². The molecule has 0 unspecified atom stereocenters. The predicted molar refractivity (Wildman–Crippen MR) is 85.9 cm³/mol. The molecule has 0 amide bonds. The maximum atomic E-state index is 13.8. The van der Waals surface area contributed by atoms with Crippen LogP contribution in [-0.2, 0) is 6.67 Å². The summed E-state index contributed by atoms with van der Waals surface area (Å²) in [6, 6.07) is 6.95. The first-order valence-electron chi connectivity index (χ1n) is 6.90. The van der Waals surface area contributed by atoms with Crippen LogP contribution in [0.1, 0.15) is 5.01 Å². The van der Waals surface area contributed by atoms with Gasteiger partial charge < -0.3 is 4.90 Å². The molecule has 2 aromatic rings. The van der Waals surface area contributed by atoms with Gasteiger partial charge in [-0.3, -0.25) is 4.90 Å². The van der Waals surface area contributed by atoms with Gasteiger partial charge in [0.05, 0.1) is 12.4 Å². The fourth-order valence-corrected chi connectivity index (χ4v) is 3.58. The van der Waals surface area contributed by atoms with Crippen LogP contribution in [0.5, 0.6) is 0 Å². The SMILES string of the molecule is Cc1nn(CN2CCN(c3ccccc3F)CC2)c(=S)s1. The van der Waals surface area contributed by atoms with Crippen LogP contribution in [0.25, 0.3) is 0 Å². The average molecular weight is 324 g/mol. The van der Waals surface area contributed by atoms with Crippen LogP contribution >= 0.6 is 23.6 Å². The summed E-state index contributed by atoms with van der Waals surface area (Å²) < 4.78 is 16.5. The molecule has 1 fully saturated rings. The van der Waals surface area contributed by atoms with Gasteiger partial charge in [-0.2, -0.15) is 5.10 Å². The second kappa shape index (κ2) is 6.21. The number of piperazine rings is 1. The Morgan fingerprint density at radius 2 is 1.95 bits per heavy atom. The topological polar surface area (TPSA) is 24.3 Å². The van der Waals surface area contributed by atoms with E-state index >= 15 is 0 Å². The number of aromatic nitrogens is 2. The number of rotatable bonds is 3. The lowest BCUT2D eigenvalue weighted by Crippen LogP contribution is -2.47. The Morgan fingerprint density at radius 1 is 1.24 bits per heavy atom. The molecular formula is C14H17FN4S2. The summed E-state index contributed by atoms with van der Waals surface area (Å²) in [6.07, 6.45) is 0. The third-order valence-electron chi connectivity index (χ3n) is 3.61. The molecule has 0 radical (unpaired) electrons. The van der Waals surface area contributed by atoms with Gasteiger partial charge in [0.15, 0.2) is 3.95 Å². The van der Waals surface area contributed by atoms with Crippen LogP contribution in [0.15, 0.2) is 24.3 Å². The van der Waals surface area contributed by atoms with Crippen molar-refractivity contribution in [2.24, 2.45) is 0 Å². The minimum Gasteiger partial charge on any atom is -0.367 e. The Hall–Kier alpha value is -1.31. The van der Waals surface area contributed by atoms with E-state index in [4.69, 9.17) is 12.2 Å².